The summed E-state index contributed by atoms with van der Waals surface area (Å²) in [5, 5.41) is 17.1. The first-order valence-corrected chi connectivity index (χ1v) is 9.53. The molecule has 10 heteroatoms. The van der Waals surface area contributed by atoms with E-state index in [1.54, 1.807) is 34.8 Å². The molecule has 0 radical (unpaired) electrons. The number of fused-ring (bicyclic) bond motifs is 1. The minimum atomic E-state index is -0.647. The van der Waals surface area contributed by atoms with Gasteiger partial charge in [-0.15, -0.1) is 15.3 Å². The summed E-state index contributed by atoms with van der Waals surface area (Å²) in [7, 11) is 0. The van der Waals surface area contributed by atoms with Crippen LogP contribution in [0.5, 0.6) is 0 Å². The highest BCUT2D eigenvalue weighted by atomic mass is 35.5. The standard InChI is InChI=1S/C18H18Cl2N6O2/c19-12-7-11(8-13(20)9-12)16-24-23-15-2-1-14(25-26(15)16)22-10-18(17(21)27)3-5-28-6-4-18/h1-2,7-9H,3-6,10H2,(H2,21,27)(H,22,25). The second-order valence-corrected chi connectivity index (χ2v) is 7.65. The van der Waals surface area contributed by atoms with Crippen LogP contribution in [0.1, 0.15) is 12.8 Å². The molecule has 3 heterocycles. The molecule has 1 aliphatic rings. The second-order valence-electron chi connectivity index (χ2n) is 6.78. The SMILES string of the molecule is NC(=O)C1(CNc2ccc3nnc(-c4cc(Cl)cc(Cl)c4)n3n2)CCOCC1. The number of hydrogen-bond donors (Lipinski definition) is 2. The summed E-state index contributed by atoms with van der Waals surface area (Å²) in [6.07, 6.45) is 1.16. The maximum Gasteiger partial charge on any atom is 0.225 e. The number of anilines is 1. The molecule has 28 heavy (non-hydrogen) atoms. The summed E-state index contributed by atoms with van der Waals surface area (Å²) in [5.74, 6) is 0.760. The summed E-state index contributed by atoms with van der Waals surface area (Å²) >= 11 is 12.2. The number of nitrogens with one attached hydrogen (secondary N) is 1. The second kappa shape index (κ2) is 7.54. The van der Waals surface area contributed by atoms with E-state index in [2.05, 4.69) is 20.6 Å². The molecule has 3 N–H and O–H groups in total. The monoisotopic (exact) mass is 420 g/mol. The van der Waals surface area contributed by atoms with Gasteiger partial charge in [-0.3, -0.25) is 4.79 Å². The minimum Gasteiger partial charge on any atom is -0.381 e. The summed E-state index contributed by atoms with van der Waals surface area (Å²) < 4.78 is 6.97. The van der Waals surface area contributed by atoms with Gasteiger partial charge in [0.15, 0.2) is 11.5 Å². The predicted octanol–water partition coefficient (Wildman–Crippen LogP) is 2.79. The molecule has 1 aromatic carbocycles. The number of nitrogens with zero attached hydrogens (tertiary/aromatic N) is 4. The van der Waals surface area contributed by atoms with E-state index in [9.17, 15) is 4.79 Å². The van der Waals surface area contributed by atoms with Crippen molar-refractivity contribution in [2.45, 2.75) is 12.8 Å². The Bertz CT molecular complexity index is 1010. The normalized spacial score (nSPS) is 16.2. The van der Waals surface area contributed by atoms with Crippen LogP contribution in [0.2, 0.25) is 10.0 Å². The highest BCUT2D eigenvalue weighted by Gasteiger charge is 2.38. The Kier molecular flexibility index (Phi) is 5.09. The predicted molar refractivity (Wildman–Crippen MR) is 106 cm³/mol. The van der Waals surface area contributed by atoms with Crippen LogP contribution in [0.15, 0.2) is 30.3 Å². The van der Waals surface area contributed by atoms with Crippen molar-refractivity contribution in [3.63, 3.8) is 0 Å². The zero-order valence-electron chi connectivity index (χ0n) is 14.9. The summed E-state index contributed by atoms with van der Waals surface area (Å²) in [4.78, 5) is 12.0. The third kappa shape index (κ3) is 3.63. The number of amides is 1. The van der Waals surface area contributed by atoms with Gasteiger partial charge in [-0.2, -0.15) is 4.52 Å². The van der Waals surface area contributed by atoms with Gasteiger partial charge in [-0.05, 0) is 43.2 Å². The van der Waals surface area contributed by atoms with E-state index in [1.165, 1.54) is 0 Å². The first-order chi connectivity index (χ1) is 13.5. The van der Waals surface area contributed by atoms with E-state index in [1.807, 2.05) is 0 Å². The lowest BCUT2D eigenvalue weighted by molar-refractivity contribution is -0.132. The molecule has 0 spiro atoms. The van der Waals surface area contributed by atoms with E-state index in [-0.39, 0.29) is 5.91 Å². The molecule has 8 nitrogen and oxygen atoms in total. The van der Waals surface area contributed by atoms with E-state index < -0.39 is 5.41 Å². The number of aromatic nitrogens is 4. The zero-order valence-corrected chi connectivity index (χ0v) is 16.4. The Morgan fingerprint density at radius 1 is 1.18 bits per heavy atom. The van der Waals surface area contributed by atoms with Crippen LogP contribution in [0.3, 0.4) is 0 Å². The number of carbonyl (C=O) groups excluding carboxylic acids is 1. The molecule has 1 amide bonds. The number of nitrogens with two attached hydrogens (primary N) is 1. The fourth-order valence-corrected chi connectivity index (χ4v) is 3.80. The number of primary amides is 1. The Balaban J connectivity index is 1.63. The fraction of sp³-hybridized carbons (Fsp3) is 0.333. The number of benzene rings is 1. The number of hydrogen-bond acceptors (Lipinski definition) is 6. The van der Waals surface area contributed by atoms with Gasteiger partial charge in [-0.25, -0.2) is 0 Å². The number of ether oxygens (including phenoxy) is 1. The highest BCUT2D eigenvalue weighted by Crippen LogP contribution is 2.31. The molecule has 0 unspecified atom stereocenters. The van der Waals surface area contributed by atoms with Gasteiger partial charge in [0.25, 0.3) is 0 Å². The van der Waals surface area contributed by atoms with Crippen LogP contribution < -0.4 is 11.1 Å². The average molecular weight is 421 g/mol. The van der Waals surface area contributed by atoms with E-state index in [0.29, 0.717) is 65.5 Å². The average Bonchev–Trinajstić information content (AvgIpc) is 3.09. The van der Waals surface area contributed by atoms with Crippen molar-refractivity contribution in [3.8, 4) is 11.4 Å². The lowest BCUT2D eigenvalue weighted by Crippen LogP contribution is -2.46. The Labute approximate surface area is 171 Å². The largest absolute Gasteiger partial charge is 0.381 e. The smallest absolute Gasteiger partial charge is 0.225 e. The molecule has 0 bridgehead atoms. The molecule has 2 aromatic heterocycles. The summed E-state index contributed by atoms with van der Waals surface area (Å²) in [6.45, 7) is 1.41. The Hall–Kier alpha value is -2.42. The third-order valence-corrected chi connectivity index (χ3v) is 5.40. The van der Waals surface area contributed by atoms with Crippen molar-refractivity contribution in [3.05, 3.63) is 40.4 Å². The van der Waals surface area contributed by atoms with Gasteiger partial charge in [0.1, 0.15) is 5.82 Å². The third-order valence-electron chi connectivity index (χ3n) is 4.96. The first-order valence-electron chi connectivity index (χ1n) is 8.77. The Morgan fingerprint density at radius 2 is 1.89 bits per heavy atom. The topological polar surface area (TPSA) is 107 Å². The maximum atomic E-state index is 12.0. The van der Waals surface area contributed by atoms with Crippen LogP contribution in [0.4, 0.5) is 5.82 Å². The molecule has 146 valence electrons. The number of carbonyl (C=O) groups is 1. The molecule has 4 rings (SSSR count). The lowest BCUT2D eigenvalue weighted by atomic mass is 9.79. The van der Waals surface area contributed by atoms with E-state index in [4.69, 9.17) is 33.7 Å². The molecular weight excluding hydrogens is 403 g/mol. The van der Waals surface area contributed by atoms with Gasteiger partial charge < -0.3 is 15.8 Å². The van der Waals surface area contributed by atoms with Crippen molar-refractivity contribution < 1.29 is 9.53 Å². The zero-order chi connectivity index (χ0) is 19.7. The molecule has 0 saturated carbocycles. The van der Waals surface area contributed by atoms with Crippen LogP contribution in [0, 0.1) is 5.41 Å². The molecule has 0 atom stereocenters. The maximum absolute atomic E-state index is 12.0. The molecule has 1 aliphatic heterocycles. The van der Waals surface area contributed by atoms with Gasteiger partial charge in [0, 0.05) is 35.4 Å². The number of halogens is 2. The minimum absolute atomic E-state index is 0.331. The first kappa shape index (κ1) is 18.9. The van der Waals surface area contributed by atoms with Crippen molar-refractivity contribution in [1.29, 1.82) is 0 Å². The molecule has 0 aliphatic carbocycles. The number of rotatable bonds is 5. The van der Waals surface area contributed by atoms with Gasteiger partial charge in [-0.1, -0.05) is 23.2 Å². The van der Waals surface area contributed by atoms with Crippen molar-refractivity contribution >= 4 is 40.6 Å². The highest BCUT2D eigenvalue weighted by molar-refractivity contribution is 6.35. The lowest BCUT2D eigenvalue weighted by Gasteiger charge is -2.34. The molecular formula is C18H18Cl2N6O2. The molecule has 1 saturated heterocycles. The van der Waals surface area contributed by atoms with Gasteiger partial charge in [0.2, 0.25) is 5.91 Å². The Morgan fingerprint density at radius 3 is 2.57 bits per heavy atom. The van der Waals surface area contributed by atoms with Crippen LogP contribution in [-0.4, -0.2) is 45.5 Å². The molecule has 1 fully saturated rings. The van der Waals surface area contributed by atoms with Crippen LogP contribution >= 0.6 is 23.2 Å². The van der Waals surface area contributed by atoms with E-state index in [0.717, 1.165) is 0 Å². The van der Waals surface area contributed by atoms with Gasteiger partial charge >= 0.3 is 0 Å². The van der Waals surface area contributed by atoms with Crippen molar-refractivity contribution in [1.82, 2.24) is 19.8 Å². The van der Waals surface area contributed by atoms with Crippen molar-refractivity contribution in [2.75, 3.05) is 25.1 Å². The summed E-state index contributed by atoms with van der Waals surface area (Å²) in [5.41, 5.74) is 6.29. The van der Waals surface area contributed by atoms with E-state index >= 15 is 0 Å². The fourth-order valence-electron chi connectivity index (χ4n) is 3.28. The quantitative estimate of drug-likeness (QED) is 0.656. The molecule has 3 aromatic rings. The van der Waals surface area contributed by atoms with Crippen molar-refractivity contribution in [2.24, 2.45) is 11.1 Å². The van der Waals surface area contributed by atoms with Gasteiger partial charge in [0.05, 0.1) is 5.41 Å². The van der Waals surface area contributed by atoms with Crippen LogP contribution in [0.25, 0.3) is 17.0 Å². The summed E-state index contributed by atoms with van der Waals surface area (Å²) in [6, 6.07) is 8.71. The van der Waals surface area contributed by atoms with Crippen LogP contribution in [-0.2, 0) is 9.53 Å².